The molecule has 4 rings (SSSR count). The molecule has 1 amide bonds. The van der Waals surface area contributed by atoms with Crippen molar-refractivity contribution in [3.05, 3.63) is 82.7 Å². The molecule has 1 aromatic heterocycles. The summed E-state index contributed by atoms with van der Waals surface area (Å²) in [7, 11) is 6.04. The number of likely N-dealkylation sites (tertiary alicyclic amines) is 1. The van der Waals surface area contributed by atoms with E-state index in [0.717, 1.165) is 5.56 Å². The SMILES string of the molecule is COc1ccc(/C(O)=C2\C(=O)C(=O)N(Cc3ccccn3)C2c2cc(OC)c(OC)c(OC)c2)cc1C(C)(C)C. The molecule has 1 aliphatic heterocycles. The molecule has 0 saturated carbocycles. The van der Waals surface area contributed by atoms with Gasteiger partial charge in [-0.25, -0.2) is 0 Å². The van der Waals surface area contributed by atoms with Crippen LogP contribution in [0.1, 0.15) is 49.2 Å². The number of aliphatic hydroxyl groups is 1. The summed E-state index contributed by atoms with van der Waals surface area (Å²) in [5.74, 6) is -0.148. The molecule has 210 valence electrons. The van der Waals surface area contributed by atoms with Gasteiger partial charge in [0.1, 0.15) is 11.5 Å². The van der Waals surface area contributed by atoms with Crippen molar-refractivity contribution in [1.29, 1.82) is 0 Å². The molecule has 1 N–H and O–H groups in total. The highest BCUT2D eigenvalue weighted by molar-refractivity contribution is 6.46. The number of amides is 1. The van der Waals surface area contributed by atoms with E-state index in [1.807, 2.05) is 20.8 Å². The maximum absolute atomic E-state index is 13.6. The predicted molar refractivity (Wildman–Crippen MR) is 150 cm³/mol. The smallest absolute Gasteiger partial charge is 0.296 e. The van der Waals surface area contributed by atoms with Gasteiger partial charge in [0.15, 0.2) is 11.5 Å². The third kappa shape index (κ3) is 5.19. The number of benzene rings is 2. The van der Waals surface area contributed by atoms with Crippen LogP contribution in [0.5, 0.6) is 23.0 Å². The number of Topliss-reactive ketones (excluding diaryl/α,β-unsaturated/α-hetero) is 1. The number of hydrogen-bond acceptors (Lipinski definition) is 8. The van der Waals surface area contributed by atoms with E-state index >= 15 is 0 Å². The van der Waals surface area contributed by atoms with Crippen molar-refractivity contribution < 1.29 is 33.6 Å². The minimum atomic E-state index is -0.962. The van der Waals surface area contributed by atoms with Gasteiger partial charge in [-0.05, 0) is 53.4 Å². The van der Waals surface area contributed by atoms with Gasteiger partial charge in [-0.2, -0.15) is 0 Å². The minimum Gasteiger partial charge on any atom is -0.507 e. The number of carbonyl (C=O) groups excluding carboxylic acids is 2. The van der Waals surface area contributed by atoms with Crippen molar-refractivity contribution in [3.8, 4) is 23.0 Å². The van der Waals surface area contributed by atoms with Gasteiger partial charge in [-0.1, -0.05) is 26.8 Å². The number of aromatic nitrogens is 1. The fourth-order valence-corrected chi connectivity index (χ4v) is 4.91. The Kier molecular flexibility index (Phi) is 8.04. The number of aliphatic hydroxyl groups excluding tert-OH is 1. The van der Waals surface area contributed by atoms with E-state index in [1.54, 1.807) is 61.8 Å². The zero-order chi connectivity index (χ0) is 29.2. The molecular weight excluding hydrogens is 512 g/mol. The Hall–Kier alpha value is -4.53. The third-order valence-electron chi connectivity index (χ3n) is 6.88. The monoisotopic (exact) mass is 546 g/mol. The number of pyridine rings is 1. The Labute approximate surface area is 234 Å². The molecular formula is C31H34N2O7. The predicted octanol–water partition coefficient (Wildman–Crippen LogP) is 5.04. The molecule has 2 heterocycles. The number of hydrogen-bond donors (Lipinski definition) is 1. The quantitative estimate of drug-likeness (QED) is 0.238. The second-order valence-corrected chi connectivity index (χ2v) is 10.4. The van der Waals surface area contributed by atoms with Gasteiger partial charge in [0.05, 0.1) is 52.3 Å². The van der Waals surface area contributed by atoms with Crippen molar-refractivity contribution in [2.75, 3.05) is 28.4 Å². The molecule has 9 nitrogen and oxygen atoms in total. The number of carbonyl (C=O) groups is 2. The lowest BCUT2D eigenvalue weighted by Crippen LogP contribution is -2.29. The van der Waals surface area contributed by atoms with Gasteiger partial charge in [0.25, 0.3) is 11.7 Å². The summed E-state index contributed by atoms with van der Waals surface area (Å²) in [5, 5.41) is 11.7. The lowest BCUT2D eigenvalue weighted by atomic mass is 9.84. The molecule has 1 saturated heterocycles. The first kappa shape index (κ1) is 28.5. The van der Waals surface area contributed by atoms with Gasteiger partial charge in [0.2, 0.25) is 5.75 Å². The second-order valence-electron chi connectivity index (χ2n) is 10.4. The van der Waals surface area contributed by atoms with E-state index in [0.29, 0.717) is 39.8 Å². The van der Waals surface area contributed by atoms with Crippen LogP contribution in [0.15, 0.2) is 60.3 Å². The van der Waals surface area contributed by atoms with Gasteiger partial charge in [-0.15, -0.1) is 0 Å². The maximum atomic E-state index is 13.6. The van der Waals surface area contributed by atoms with Crippen molar-refractivity contribution in [2.45, 2.75) is 38.8 Å². The lowest BCUT2D eigenvalue weighted by molar-refractivity contribution is -0.140. The number of nitrogens with zero attached hydrogens (tertiary/aromatic N) is 2. The molecule has 0 radical (unpaired) electrons. The molecule has 1 fully saturated rings. The van der Waals surface area contributed by atoms with Gasteiger partial charge < -0.3 is 29.0 Å². The van der Waals surface area contributed by atoms with Gasteiger partial charge in [0, 0.05) is 17.3 Å². The van der Waals surface area contributed by atoms with Crippen LogP contribution in [-0.4, -0.2) is 55.1 Å². The van der Waals surface area contributed by atoms with Crippen LogP contribution < -0.4 is 18.9 Å². The van der Waals surface area contributed by atoms with E-state index in [2.05, 4.69) is 4.98 Å². The molecule has 0 bridgehead atoms. The van der Waals surface area contributed by atoms with Crippen molar-refractivity contribution in [2.24, 2.45) is 0 Å². The van der Waals surface area contributed by atoms with Crippen LogP contribution >= 0.6 is 0 Å². The molecule has 0 aliphatic carbocycles. The van der Waals surface area contributed by atoms with Crippen molar-refractivity contribution >= 4 is 17.4 Å². The number of ether oxygens (including phenoxy) is 4. The fraction of sp³-hybridized carbons (Fsp3) is 0.323. The number of methoxy groups -OCH3 is 4. The van der Waals surface area contributed by atoms with Crippen molar-refractivity contribution in [1.82, 2.24) is 9.88 Å². The van der Waals surface area contributed by atoms with E-state index in [4.69, 9.17) is 18.9 Å². The normalized spacial score (nSPS) is 16.7. The van der Waals surface area contributed by atoms with Crippen molar-refractivity contribution in [3.63, 3.8) is 0 Å². The summed E-state index contributed by atoms with van der Waals surface area (Å²) in [6, 6.07) is 12.9. The Balaban J connectivity index is 1.98. The van der Waals surface area contributed by atoms with Crippen LogP contribution in [-0.2, 0) is 21.5 Å². The third-order valence-corrected chi connectivity index (χ3v) is 6.88. The first-order chi connectivity index (χ1) is 19.0. The van der Waals surface area contributed by atoms with Crippen LogP contribution in [0, 0.1) is 0 Å². The Bertz CT molecular complexity index is 1430. The first-order valence-corrected chi connectivity index (χ1v) is 12.7. The van der Waals surface area contributed by atoms with Crippen LogP contribution in [0.25, 0.3) is 5.76 Å². The van der Waals surface area contributed by atoms with Crippen LogP contribution in [0.4, 0.5) is 0 Å². The average molecular weight is 547 g/mol. The van der Waals surface area contributed by atoms with Crippen LogP contribution in [0.2, 0.25) is 0 Å². The molecule has 1 aliphatic rings. The summed E-state index contributed by atoms with van der Waals surface area (Å²) in [6.07, 6.45) is 1.62. The van der Waals surface area contributed by atoms with E-state index in [-0.39, 0.29) is 23.3 Å². The second kappa shape index (κ2) is 11.3. The fourth-order valence-electron chi connectivity index (χ4n) is 4.91. The number of rotatable bonds is 8. The average Bonchev–Trinajstić information content (AvgIpc) is 3.20. The number of ketones is 1. The largest absolute Gasteiger partial charge is 0.507 e. The molecule has 9 heteroatoms. The Morgan fingerprint density at radius 2 is 1.55 bits per heavy atom. The standard InChI is InChI=1S/C31H34N2O7/c1-31(2,3)21-14-18(11-12-22(21)37-4)27(34)25-26(19-15-23(38-5)29(40-7)24(16-19)39-6)33(30(36)28(25)35)17-20-10-8-9-13-32-20/h8-16,26,34H,17H2,1-7H3/b27-25+. The van der Waals surface area contributed by atoms with E-state index < -0.39 is 17.7 Å². The highest BCUT2D eigenvalue weighted by atomic mass is 16.5. The van der Waals surface area contributed by atoms with E-state index in [1.165, 1.54) is 26.2 Å². The first-order valence-electron chi connectivity index (χ1n) is 12.7. The molecule has 40 heavy (non-hydrogen) atoms. The summed E-state index contributed by atoms with van der Waals surface area (Å²) in [5.41, 5.74) is 1.94. The summed E-state index contributed by atoms with van der Waals surface area (Å²) >= 11 is 0. The maximum Gasteiger partial charge on any atom is 0.296 e. The lowest BCUT2D eigenvalue weighted by Gasteiger charge is -2.26. The zero-order valence-corrected chi connectivity index (χ0v) is 23.8. The Morgan fingerprint density at radius 3 is 2.08 bits per heavy atom. The highest BCUT2D eigenvalue weighted by Gasteiger charge is 2.47. The molecule has 0 spiro atoms. The van der Waals surface area contributed by atoms with Gasteiger partial charge >= 0.3 is 0 Å². The molecule has 1 atom stereocenters. The zero-order valence-electron chi connectivity index (χ0n) is 23.8. The van der Waals surface area contributed by atoms with E-state index in [9.17, 15) is 14.7 Å². The topological polar surface area (TPSA) is 107 Å². The van der Waals surface area contributed by atoms with Gasteiger partial charge in [-0.3, -0.25) is 14.6 Å². The molecule has 3 aromatic rings. The molecule has 2 aromatic carbocycles. The summed E-state index contributed by atoms with van der Waals surface area (Å²) in [4.78, 5) is 32.8. The summed E-state index contributed by atoms with van der Waals surface area (Å²) < 4.78 is 22.1. The highest BCUT2D eigenvalue weighted by Crippen LogP contribution is 2.46. The minimum absolute atomic E-state index is 0.0410. The summed E-state index contributed by atoms with van der Waals surface area (Å²) in [6.45, 7) is 6.11. The Morgan fingerprint density at radius 1 is 0.900 bits per heavy atom. The molecule has 1 unspecified atom stereocenters. The van der Waals surface area contributed by atoms with Crippen LogP contribution in [0.3, 0.4) is 0 Å².